The summed E-state index contributed by atoms with van der Waals surface area (Å²) >= 11 is 3.11. The summed E-state index contributed by atoms with van der Waals surface area (Å²) in [4.78, 5) is 35.5. The number of carbonyl (C=O) groups excluding carboxylic acids is 2. The Morgan fingerprint density at radius 2 is 1.88 bits per heavy atom. The predicted molar refractivity (Wildman–Crippen MR) is 133 cm³/mol. The minimum atomic E-state index is -0.0333. The molecule has 1 saturated heterocycles. The van der Waals surface area contributed by atoms with Gasteiger partial charge >= 0.3 is 0 Å². The summed E-state index contributed by atoms with van der Waals surface area (Å²) in [6.07, 6.45) is 1.52. The van der Waals surface area contributed by atoms with Gasteiger partial charge in [0.05, 0.1) is 11.0 Å². The number of aromatic nitrogens is 2. The highest BCUT2D eigenvalue weighted by Gasteiger charge is 2.26. The Labute approximate surface area is 200 Å². The highest BCUT2D eigenvalue weighted by atomic mass is 32.2. The van der Waals surface area contributed by atoms with Gasteiger partial charge in [0, 0.05) is 41.4 Å². The van der Waals surface area contributed by atoms with Gasteiger partial charge in [-0.15, -0.1) is 0 Å². The van der Waals surface area contributed by atoms with Crippen LogP contribution in [-0.4, -0.2) is 45.8 Å². The lowest BCUT2D eigenvalue weighted by molar-refractivity contribution is 0.0697. The van der Waals surface area contributed by atoms with Crippen molar-refractivity contribution in [3.8, 4) is 0 Å². The largest absolute Gasteiger partial charge is 0.349 e. The number of imidazole rings is 1. The third-order valence-electron chi connectivity index (χ3n) is 5.88. The van der Waals surface area contributed by atoms with Crippen LogP contribution in [0, 0.1) is 0 Å². The Bertz CT molecular complexity index is 1230. The summed E-state index contributed by atoms with van der Waals surface area (Å²) in [7, 11) is 0. The first-order valence-corrected chi connectivity index (χ1v) is 12.9. The predicted octanol–water partition coefficient (Wildman–Crippen LogP) is 4.95. The average molecular weight is 477 g/mol. The number of hydrogen-bond donors (Lipinski definition) is 2. The van der Waals surface area contributed by atoms with Crippen LogP contribution < -0.4 is 5.32 Å². The van der Waals surface area contributed by atoms with Crippen molar-refractivity contribution in [1.29, 1.82) is 0 Å². The molecule has 2 N–H and O–H groups in total. The molecule has 4 aromatic rings. The zero-order chi connectivity index (χ0) is 22.6. The van der Waals surface area contributed by atoms with Crippen molar-refractivity contribution in [2.45, 2.75) is 29.8 Å². The third kappa shape index (κ3) is 4.96. The van der Waals surface area contributed by atoms with Gasteiger partial charge in [0.15, 0.2) is 5.16 Å². The number of aromatic amines is 1. The first kappa shape index (κ1) is 21.7. The molecule has 2 aromatic carbocycles. The molecule has 2 aromatic heterocycles. The lowest BCUT2D eigenvalue weighted by atomic mass is 10.0. The van der Waals surface area contributed by atoms with Gasteiger partial charge in [0.1, 0.15) is 0 Å². The first-order valence-electron chi connectivity index (χ1n) is 10.9. The molecule has 6 nitrogen and oxygen atoms in total. The topological polar surface area (TPSA) is 78.1 Å². The van der Waals surface area contributed by atoms with Gasteiger partial charge in [0.25, 0.3) is 11.8 Å². The maximum atomic E-state index is 13.3. The van der Waals surface area contributed by atoms with Crippen molar-refractivity contribution in [1.82, 2.24) is 20.2 Å². The van der Waals surface area contributed by atoms with E-state index in [-0.39, 0.29) is 17.9 Å². The number of nitrogens with one attached hydrogen (secondary N) is 2. The molecule has 3 heterocycles. The van der Waals surface area contributed by atoms with E-state index in [0.29, 0.717) is 24.4 Å². The molecule has 5 rings (SSSR count). The number of benzene rings is 2. The Hall–Kier alpha value is -3.10. The Morgan fingerprint density at radius 3 is 2.67 bits per heavy atom. The second-order valence-electron chi connectivity index (χ2n) is 8.06. The highest BCUT2D eigenvalue weighted by Crippen LogP contribution is 2.26. The van der Waals surface area contributed by atoms with E-state index in [4.69, 9.17) is 0 Å². The van der Waals surface area contributed by atoms with Gasteiger partial charge in [-0.25, -0.2) is 4.98 Å². The Kier molecular flexibility index (Phi) is 6.46. The van der Waals surface area contributed by atoms with Crippen LogP contribution in [0.15, 0.2) is 70.5 Å². The van der Waals surface area contributed by atoms with E-state index < -0.39 is 0 Å². The molecule has 0 unspecified atom stereocenters. The molecule has 8 heteroatoms. The molecule has 0 saturated carbocycles. The second kappa shape index (κ2) is 9.80. The number of likely N-dealkylation sites (tertiary alicyclic amines) is 1. The molecule has 1 fully saturated rings. The molecular weight excluding hydrogens is 452 g/mol. The van der Waals surface area contributed by atoms with E-state index in [9.17, 15) is 9.59 Å². The summed E-state index contributed by atoms with van der Waals surface area (Å²) in [6, 6.07) is 17.7. The number of thioether (sulfide) groups is 1. The normalized spacial score (nSPS) is 14.5. The van der Waals surface area contributed by atoms with E-state index in [1.54, 1.807) is 11.8 Å². The van der Waals surface area contributed by atoms with Crippen LogP contribution in [0.25, 0.3) is 11.0 Å². The van der Waals surface area contributed by atoms with Gasteiger partial charge in [-0.3, -0.25) is 9.59 Å². The van der Waals surface area contributed by atoms with Gasteiger partial charge < -0.3 is 15.2 Å². The van der Waals surface area contributed by atoms with E-state index in [1.165, 1.54) is 11.3 Å². The SMILES string of the molecule is O=C(NC1CCN(C(=O)c2ccccc2CSc2nc3ccccc3[nH]2)CC1)c1ccsc1. The van der Waals surface area contributed by atoms with Crippen LogP contribution in [0.5, 0.6) is 0 Å². The molecule has 2 amide bonds. The van der Waals surface area contributed by atoms with Crippen LogP contribution >= 0.6 is 23.1 Å². The second-order valence-corrected chi connectivity index (χ2v) is 9.80. The number of amides is 2. The minimum Gasteiger partial charge on any atom is -0.349 e. The maximum absolute atomic E-state index is 13.3. The molecule has 33 heavy (non-hydrogen) atoms. The van der Waals surface area contributed by atoms with Crippen LogP contribution in [0.4, 0.5) is 0 Å². The highest BCUT2D eigenvalue weighted by molar-refractivity contribution is 7.98. The fourth-order valence-electron chi connectivity index (χ4n) is 4.06. The number of hydrogen-bond acceptors (Lipinski definition) is 5. The monoisotopic (exact) mass is 476 g/mol. The molecule has 168 valence electrons. The fraction of sp³-hybridized carbons (Fsp3) is 0.240. The van der Waals surface area contributed by atoms with Crippen LogP contribution in [0.3, 0.4) is 0 Å². The smallest absolute Gasteiger partial charge is 0.254 e. The van der Waals surface area contributed by atoms with Crippen LogP contribution in [-0.2, 0) is 5.75 Å². The standard InChI is InChI=1S/C25H24N4O2S2/c30-23(18-11-14-32-15-18)26-19-9-12-29(13-10-19)24(31)20-6-2-1-5-17(20)16-33-25-27-21-7-3-4-8-22(21)28-25/h1-8,11,14-15,19H,9-10,12-13,16H2,(H,26,30)(H,27,28). The minimum absolute atomic E-state index is 0.0333. The van der Waals surface area contributed by atoms with Gasteiger partial charge in [-0.05, 0) is 48.1 Å². The van der Waals surface area contributed by atoms with Crippen molar-refractivity contribution in [2.24, 2.45) is 0 Å². The van der Waals surface area contributed by atoms with Crippen molar-refractivity contribution < 1.29 is 9.59 Å². The summed E-state index contributed by atoms with van der Waals surface area (Å²) in [5.41, 5.74) is 4.40. The lowest BCUT2D eigenvalue weighted by Crippen LogP contribution is -2.46. The number of thiophene rings is 1. The molecule has 0 aliphatic carbocycles. The van der Waals surface area contributed by atoms with E-state index in [0.717, 1.165) is 40.2 Å². The van der Waals surface area contributed by atoms with Crippen molar-refractivity contribution >= 4 is 45.9 Å². The van der Waals surface area contributed by atoms with Crippen molar-refractivity contribution in [3.63, 3.8) is 0 Å². The molecule has 0 bridgehead atoms. The summed E-state index contributed by atoms with van der Waals surface area (Å²) in [5.74, 6) is 0.682. The van der Waals surface area contributed by atoms with Crippen molar-refractivity contribution in [2.75, 3.05) is 13.1 Å². The van der Waals surface area contributed by atoms with Crippen LogP contribution in [0.1, 0.15) is 39.1 Å². The summed E-state index contributed by atoms with van der Waals surface area (Å²) < 4.78 is 0. The number of rotatable bonds is 6. The lowest BCUT2D eigenvalue weighted by Gasteiger charge is -2.32. The Morgan fingerprint density at radius 1 is 1.09 bits per heavy atom. The Balaban J connectivity index is 1.20. The number of nitrogens with zero attached hydrogens (tertiary/aromatic N) is 2. The van der Waals surface area contributed by atoms with E-state index in [2.05, 4.69) is 15.3 Å². The molecule has 0 radical (unpaired) electrons. The molecule has 1 aliphatic heterocycles. The van der Waals surface area contributed by atoms with E-state index >= 15 is 0 Å². The van der Waals surface area contributed by atoms with Gasteiger partial charge in [0.2, 0.25) is 0 Å². The number of fused-ring (bicyclic) bond motifs is 1. The first-order chi connectivity index (χ1) is 16.2. The van der Waals surface area contributed by atoms with Gasteiger partial charge in [-0.2, -0.15) is 11.3 Å². The number of carbonyl (C=O) groups is 2. The summed E-state index contributed by atoms with van der Waals surface area (Å²) in [5, 5.41) is 7.70. The fourth-order valence-corrected chi connectivity index (χ4v) is 5.58. The quantitative estimate of drug-likeness (QED) is 0.386. The molecule has 1 aliphatic rings. The zero-order valence-corrected chi connectivity index (χ0v) is 19.6. The average Bonchev–Trinajstić information content (AvgIpc) is 3.53. The van der Waals surface area contributed by atoms with E-state index in [1.807, 2.05) is 70.3 Å². The molecular formula is C25H24N4O2S2. The maximum Gasteiger partial charge on any atom is 0.254 e. The number of H-pyrrole nitrogens is 1. The molecule has 0 atom stereocenters. The molecule has 0 spiro atoms. The van der Waals surface area contributed by atoms with Crippen LogP contribution in [0.2, 0.25) is 0 Å². The number of piperidine rings is 1. The third-order valence-corrected chi connectivity index (χ3v) is 7.49. The van der Waals surface area contributed by atoms with Gasteiger partial charge in [-0.1, -0.05) is 42.1 Å². The zero-order valence-electron chi connectivity index (χ0n) is 18.0. The van der Waals surface area contributed by atoms with Crippen molar-refractivity contribution in [3.05, 3.63) is 82.0 Å². The summed E-state index contributed by atoms with van der Waals surface area (Å²) in [6.45, 7) is 1.27. The number of para-hydroxylation sites is 2.